The molecule has 0 aliphatic rings. The summed E-state index contributed by atoms with van der Waals surface area (Å²) in [7, 11) is 1.85. The summed E-state index contributed by atoms with van der Waals surface area (Å²) in [5, 5.41) is 13.7. The number of amides is 1. The molecule has 1 amide bonds. The van der Waals surface area contributed by atoms with Crippen LogP contribution in [0.1, 0.15) is 10.5 Å². The Morgan fingerprint density at radius 2 is 1.68 bits per heavy atom. The van der Waals surface area contributed by atoms with Gasteiger partial charge in [-0.3, -0.25) is 10.1 Å². The number of nitrogens with one attached hydrogen (secondary N) is 1. The zero-order valence-electron chi connectivity index (χ0n) is 15.9. The Kier molecular flexibility index (Phi) is 6.05. The van der Waals surface area contributed by atoms with Gasteiger partial charge in [0.2, 0.25) is 5.95 Å². The second kappa shape index (κ2) is 8.69. The highest BCUT2D eigenvalue weighted by molar-refractivity contribution is 6.03. The van der Waals surface area contributed by atoms with E-state index >= 15 is 0 Å². The Labute approximate surface area is 172 Å². The lowest BCUT2D eigenvalue weighted by atomic mass is 10.1. The lowest BCUT2D eigenvalue weighted by molar-refractivity contribution is -0.192. The summed E-state index contributed by atoms with van der Waals surface area (Å²) >= 11 is 0. The first-order valence-corrected chi connectivity index (χ1v) is 8.72. The van der Waals surface area contributed by atoms with Crippen molar-refractivity contribution in [2.24, 2.45) is 7.05 Å². The number of carboxylic acid groups (broad SMARTS) is 1. The number of fused-ring (bicyclic) bond motifs is 1. The first-order chi connectivity index (χ1) is 14.7. The van der Waals surface area contributed by atoms with E-state index in [-0.39, 0.29) is 11.6 Å². The van der Waals surface area contributed by atoms with Crippen LogP contribution in [0.2, 0.25) is 0 Å². The molecule has 2 aromatic heterocycles. The van der Waals surface area contributed by atoms with E-state index in [1.165, 1.54) is 0 Å². The molecule has 2 heterocycles. The Bertz CT molecular complexity index is 1220. The van der Waals surface area contributed by atoms with Crippen molar-refractivity contribution in [1.29, 1.82) is 0 Å². The van der Waals surface area contributed by atoms with Crippen molar-refractivity contribution in [3.63, 3.8) is 0 Å². The van der Waals surface area contributed by atoms with Gasteiger partial charge in [0, 0.05) is 18.7 Å². The number of aryl methyl sites for hydroxylation is 1. The number of carbonyl (C=O) groups excluding carboxylic acids is 1. The SMILES string of the molecule is Cn1c(NC(=O)c2cc(-c3ccccc3)on2)nc2ccccc21.O=C(O)C(F)(F)F. The standard InChI is InChI=1S/C18H14N4O2.C2HF3O2/c1-22-15-10-6-5-9-13(15)19-18(22)20-17(23)14-11-16(24-21-14)12-7-3-2-4-8-12;3-2(4,5)1(6)7/h2-11H,1H3,(H,19,20,23);(H,6,7). The quantitative estimate of drug-likeness (QED) is 0.504. The van der Waals surface area contributed by atoms with Crippen LogP contribution in [0.25, 0.3) is 22.4 Å². The van der Waals surface area contributed by atoms with Gasteiger partial charge in [-0.15, -0.1) is 0 Å². The van der Waals surface area contributed by atoms with E-state index in [1.54, 1.807) is 6.07 Å². The molecule has 160 valence electrons. The molecule has 0 aliphatic heterocycles. The lowest BCUT2D eigenvalue weighted by Gasteiger charge is -2.02. The van der Waals surface area contributed by atoms with Gasteiger partial charge in [0.15, 0.2) is 11.5 Å². The van der Waals surface area contributed by atoms with Gasteiger partial charge < -0.3 is 14.2 Å². The van der Waals surface area contributed by atoms with Crippen LogP contribution >= 0.6 is 0 Å². The zero-order valence-corrected chi connectivity index (χ0v) is 15.9. The summed E-state index contributed by atoms with van der Waals surface area (Å²) in [6.45, 7) is 0. The summed E-state index contributed by atoms with van der Waals surface area (Å²) in [6.07, 6.45) is -5.08. The van der Waals surface area contributed by atoms with Crippen LogP contribution in [0.4, 0.5) is 19.1 Å². The highest BCUT2D eigenvalue weighted by atomic mass is 19.4. The van der Waals surface area contributed by atoms with E-state index in [0.29, 0.717) is 11.7 Å². The molecule has 0 radical (unpaired) electrons. The molecule has 31 heavy (non-hydrogen) atoms. The maximum atomic E-state index is 12.4. The number of benzene rings is 2. The number of nitrogens with zero attached hydrogens (tertiary/aromatic N) is 3. The molecule has 0 spiro atoms. The summed E-state index contributed by atoms with van der Waals surface area (Å²) in [5.41, 5.74) is 2.84. The molecular weight excluding hydrogens is 417 g/mol. The van der Waals surface area contributed by atoms with Crippen molar-refractivity contribution in [2.45, 2.75) is 6.18 Å². The van der Waals surface area contributed by atoms with Crippen LogP contribution in [-0.4, -0.2) is 37.9 Å². The van der Waals surface area contributed by atoms with Gasteiger partial charge in [0.25, 0.3) is 5.91 Å². The third-order valence-corrected chi connectivity index (χ3v) is 4.06. The molecule has 4 aromatic rings. The Hall–Kier alpha value is -4.15. The predicted molar refractivity (Wildman–Crippen MR) is 104 cm³/mol. The first-order valence-electron chi connectivity index (χ1n) is 8.72. The number of hydrogen-bond donors (Lipinski definition) is 2. The Balaban J connectivity index is 0.000000339. The minimum Gasteiger partial charge on any atom is -0.475 e. The number of anilines is 1. The number of rotatable bonds is 3. The highest BCUT2D eigenvalue weighted by Crippen LogP contribution is 2.21. The summed E-state index contributed by atoms with van der Waals surface area (Å²) in [4.78, 5) is 25.7. The molecule has 2 aromatic carbocycles. The molecule has 0 saturated heterocycles. The van der Waals surface area contributed by atoms with E-state index in [0.717, 1.165) is 16.6 Å². The fourth-order valence-corrected chi connectivity index (χ4v) is 2.54. The number of aliphatic carboxylic acids is 1. The van der Waals surface area contributed by atoms with Crippen LogP contribution in [0.15, 0.2) is 65.2 Å². The van der Waals surface area contributed by atoms with Crippen LogP contribution in [-0.2, 0) is 11.8 Å². The lowest BCUT2D eigenvalue weighted by Crippen LogP contribution is -2.21. The average molecular weight is 432 g/mol. The number of hydrogen-bond acceptors (Lipinski definition) is 5. The van der Waals surface area contributed by atoms with E-state index < -0.39 is 12.1 Å². The number of carbonyl (C=O) groups is 2. The van der Waals surface area contributed by atoms with Gasteiger partial charge in [-0.05, 0) is 12.1 Å². The van der Waals surface area contributed by atoms with Crippen molar-refractivity contribution in [2.75, 3.05) is 5.32 Å². The summed E-state index contributed by atoms with van der Waals surface area (Å²) in [6, 6.07) is 18.8. The maximum Gasteiger partial charge on any atom is 0.490 e. The van der Waals surface area contributed by atoms with Gasteiger partial charge in [-0.25, -0.2) is 9.78 Å². The van der Waals surface area contributed by atoms with Crippen LogP contribution < -0.4 is 5.32 Å². The molecule has 0 aliphatic carbocycles. The largest absolute Gasteiger partial charge is 0.490 e. The number of alkyl halides is 3. The maximum absolute atomic E-state index is 12.4. The van der Waals surface area contributed by atoms with Gasteiger partial charge >= 0.3 is 12.1 Å². The smallest absolute Gasteiger partial charge is 0.475 e. The van der Waals surface area contributed by atoms with E-state index in [4.69, 9.17) is 14.4 Å². The molecule has 4 rings (SSSR count). The number of aromatic nitrogens is 3. The highest BCUT2D eigenvalue weighted by Gasteiger charge is 2.38. The van der Waals surface area contributed by atoms with Gasteiger partial charge in [-0.2, -0.15) is 13.2 Å². The third-order valence-electron chi connectivity index (χ3n) is 4.06. The van der Waals surface area contributed by atoms with Crippen molar-refractivity contribution >= 4 is 28.9 Å². The van der Waals surface area contributed by atoms with E-state index in [1.807, 2.05) is 66.2 Å². The predicted octanol–water partition coefficient (Wildman–Crippen LogP) is 4.11. The Morgan fingerprint density at radius 3 is 2.29 bits per heavy atom. The average Bonchev–Trinajstić information content (AvgIpc) is 3.35. The van der Waals surface area contributed by atoms with Crippen molar-refractivity contribution in [3.05, 3.63) is 66.4 Å². The molecule has 2 N–H and O–H groups in total. The topological polar surface area (TPSA) is 110 Å². The van der Waals surface area contributed by atoms with Gasteiger partial charge in [0.1, 0.15) is 0 Å². The van der Waals surface area contributed by atoms with Gasteiger partial charge in [0.05, 0.1) is 11.0 Å². The number of halogens is 3. The molecule has 0 atom stereocenters. The summed E-state index contributed by atoms with van der Waals surface area (Å²) < 4.78 is 38.8. The number of carboxylic acids is 1. The second-order valence-corrected chi connectivity index (χ2v) is 6.18. The molecule has 0 bridgehead atoms. The fourth-order valence-electron chi connectivity index (χ4n) is 2.54. The molecule has 11 heteroatoms. The molecule has 8 nitrogen and oxygen atoms in total. The van der Waals surface area contributed by atoms with Gasteiger partial charge in [-0.1, -0.05) is 47.6 Å². The summed E-state index contributed by atoms with van der Waals surface area (Å²) in [5.74, 6) is -2.11. The normalized spacial score (nSPS) is 11.0. The van der Waals surface area contributed by atoms with E-state index in [9.17, 15) is 18.0 Å². The number of imidazole rings is 1. The van der Waals surface area contributed by atoms with Crippen LogP contribution in [0.3, 0.4) is 0 Å². The molecule has 0 saturated carbocycles. The van der Waals surface area contributed by atoms with Crippen LogP contribution in [0, 0.1) is 0 Å². The van der Waals surface area contributed by atoms with Crippen LogP contribution in [0.5, 0.6) is 0 Å². The van der Waals surface area contributed by atoms with E-state index in [2.05, 4.69) is 15.5 Å². The minimum atomic E-state index is -5.08. The monoisotopic (exact) mass is 432 g/mol. The van der Waals surface area contributed by atoms with Crippen molar-refractivity contribution in [1.82, 2.24) is 14.7 Å². The fraction of sp³-hybridized carbons (Fsp3) is 0.100. The molecule has 0 unspecified atom stereocenters. The number of para-hydroxylation sites is 2. The minimum absolute atomic E-state index is 0.209. The third kappa shape index (κ3) is 5.07. The first kappa shape index (κ1) is 21.6. The Morgan fingerprint density at radius 1 is 1.06 bits per heavy atom. The molecular formula is C20H15F3N4O4. The zero-order chi connectivity index (χ0) is 22.6. The second-order valence-electron chi connectivity index (χ2n) is 6.18. The van der Waals surface area contributed by atoms with Crippen molar-refractivity contribution in [3.8, 4) is 11.3 Å². The molecule has 0 fully saturated rings. The van der Waals surface area contributed by atoms with Crippen molar-refractivity contribution < 1.29 is 32.4 Å².